The molecule has 0 saturated carbocycles. The summed E-state index contributed by atoms with van der Waals surface area (Å²) < 4.78 is 0. The molecule has 0 bridgehead atoms. The van der Waals surface area contributed by atoms with Crippen molar-refractivity contribution in [1.82, 2.24) is 0 Å². The molecule has 2 atom stereocenters. The van der Waals surface area contributed by atoms with Crippen molar-refractivity contribution in [2.75, 3.05) is 4.90 Å². The number of para-hydroxylation sites is 1. The molecule has 1 heterocycles. The van der Waals surface area contributed by atoms with E-state index < -0.39 is 34.5 Å². The summed E-state index contributed by atoms with van der Waals surface area (Å²) in [5, 5.41) is 0. The van der Waals surface area contributed by atoms with Crippen molar-refractivity contribution < 1.29 is 19.2 Å². The molecule has 2 spiro atoms. The van der Waals surface area contributed by atoms with Crippen molar-refractivity contribution in [2.24, 2.45) is 5.41 Å². The number of ketones is 4. The molecule has 0 unspecified atom stereocenters. The van der Waals surface area contributed by atoms with Crippen LogP contribution < -0.4 is 4.90 Å². The van der Waals surface area contributed by atoms with Crippen LogP contribution in [-0.2, 0) is 0 Å². The van der Waals surface area contributed by atoms with Crippen molar-refractivity contribution >= 4 is 28.8 Å². The van der Waals surface area contributed by atoms with Crippen LogP contribution in [0.2, 0.25) is 0 Å². The minimum Gasteiger partial charge on any atom is -0.343 e. The number of anilines is 1. The van der Waals surface area contributed by atoms with Crippen LogP contribution in [0.25, 0.3) is 0 Å². The number of rotatable bonds is 3. The first-order valence-corrected chi connectivity index (χ1v) is 15.2. The van der Waals surface area contributed by atoms with Crippen LogP contribution in [0.4, 0.5) is 5.69 Å². The van der Waals surface area contributed by atoms with E-state index in [4.69, 9.17) is 0 Å². The number of benzene rings is 5. The lowest BCUT2D eigenvalue weighted by atomic mass is 9.59. The Balaban J connectivity index is 1.58. The Morgan fingerprint density at radius 3 is 1.33 bits per heavy atom. The molecule has 5 aromatic carbocycles. The molecule has 0 radical (unpaired) electrons. The molecule has 0 N–H and O–H groups in total. The maximum atomic E-state index is 15.3. The Hall–Kier alpha value is -5.42. The van der Waals surface area contributed by atoms with Crippen LogP contribution in [0.3, 0.4) is 0 Å². The van der Waals surface area contributed by atoms with Gasteiger partial charge in [0.15, 0.2) is 28.7 Å². The Bertz CT molecular complexity index is 1990. The van der Waals surface area contributed by atoms with Gasteiger partial charge in [0.05, 0.1) is 6.04 Å². The molecule has 218 valence electrons. The second kappa shape index (κ2) is 9.54. The van der Waals surface area contributed by atoms with Gasteiger partial charge in [0.1, 0.15) is 5.41 Å². The fraction of sp³-hybridized carbons (Fsp3) is 0.150. The predicted octanol–water partition coefficient (Wildman–Crippen LogP) is 7.53. The highest BCUT2D eigenvalue weighted by atomic mass is 16.2. The summed E-state index contributed by atoms with van der Waals surface area (Å²) in [4.78, 5) is 62.8. The number of Topliss-reactive ketones (excluding diaryl/α,β-unsaturated/α-hetero) is 4. The zero-order chi connectivity index (χ0) is 31.1. The second-order valence-electron chi connectivity index (χ2n) is 12.4. The summed E-state index contributed by atoms with van der Waals surface area (Å²) >= 11 is 0. The zero-order valence-electron chi connectivity index (χ0n) is 24.9. The smallest absolute Gasteiger partial charge is 0.197 e. The van der Waals surface area contributed by atoms with E-state index in [9.17, 15) is 0 Å². The molecule has 5 nitrogen and oxygen atoms in total. The van der Waals surface area contributed by atoms with Crippen molar-refractivity contribution in [3.8, 4) is 0 Å². The van der Waals surface area contributed by atoms with Gasteiger partial charge < -0.3 is 4.90 Å². The van der Waals surface area contributed by atoms with Gasteiger partial charge in [-0.2, -0.15) is 0 Å². The van der Waals surface area contributed by atoms with Gasteiger partial charge in [-0.15, -0.1) is 0 Å². The summed E-state index contributed by atoms with van der Waals surface area (Å²) in [6, 6.07) is 37.4. The Kier molecular flexibility index (Phi) is 5.76. The van der Waals surface area contributed by atoms with Crippen LogP contribution in [0.5, 0.6) is 0 Å². The van der Waals surface area contributed by atoms with Crippen LogP contribution in [0.15, 0.2) is 127 Å². The van der Waals surface area contributed by atoms with E-state index in [0.717, 1.165) is 11.1 Å². The van der Waals surface area contributed by atoms with Crippen molar-refractivity contribution in [3.63, 3.8) is 0 Å². The van der Waals surface area contributed by atoms with Gasteiger partial charge in [0.25, 0.3) is 0 Å². The number of nitrogens with zero attached hydrogens (tertiary/aromatic N) is 1. The first kappa shape index (κ1) is 27.2. The van der Waals surface area contributed by atoms with E-state index in [1.807, 2.05) is 97.6 Å². The number of carbonyl (C=O) groups excluding carboxylic acids is 4. The van der Waals surface area contributed by atoms with E-state index in [1.54, 1.807) is 48.5 Å². The maximum Gasteiger partial charge on any atom is 0.197 e. The lowest BCUT2D eigenvalue weighted by molar-refractivity contribution is 0.0620. The molecule has 1 fully saturated rings. The van der Waals surface area contributed by atoms with Gasteiger partial charge in [0, 0.05) is 33.9 Å². The van der Waals surface area contributed by atoms with Gasteiger partial charge in [-0.05, 0) is 37.1 Å². The van der Waals surface area contributed by atoms with E-state index >= 15 is 19.2 Å². The highest BCUT2D eigenvalue weighted by Crippen LogP contribution is 2.69. The number of hydrogen-bond acceptors (Lipinski definition) is 5. The van der Waals surface area contributed by atoms with Crippen LogP contribution in [0.1, 0.15) is 75.6 Å². The first-order chi connectivity index (χ1) is 21.8. The van der Waals surface area contributed by atoms with Crippen LogP contribution in [-0.4, -0.2) is 28.7 Å². The summed E-state index contributed by atoms with van der Waals surface area (Å²) in [5.41, 5.74) is 1.36. The number of hydrogen-bond donors (Lipinski definition) is 0. The largest absolute Gasteiger partial charge is 0.343 e. The second-order valence-corrected chi connectivity index (χ2v) is 12.4. The third-order valence-corrected chi connectivity index (χ3v) is 10.1. The number of fused-ring (bicyclic) bond motifs is 2. The molecule has 1 saturated heterocycles. The standard InChI is InChI=1S/C40H29NO4/c1-24-16-20-26(21-17-24)33-39(35(42)29-12-6-7-13-30(29)36(39)43)34(27-22-18-25(2)19-23-27)41(28-10-4-3-5-11-28)40(33)37(44)31-14-8-9-15-32(31)38(40)45/h3-23,33-34H,1-2H3/t33-,34+/m0/s1. The van der Waals surface area contributed by atoms with Crippen molar-refractivity contribution in [3.05, 3.63) is 172 Å². The molecule has 0 aromatic heterocycles. The molecule has 3 aliphatic rings. The van der Waals surface area contributed by atoms with Gasteiger partial charge in [-0.25, -0.2) is 0 Å². The van der Waals surface area contributed by atoms with Gasteiger partial charge in [0.2, 0.25) is 0 Å². The maximum absolute atomic E-state index is 15.3. The highest BCUT2D eigenvalue weighted by molar-refractivity contribution is 6.39. The SMILES string of the molecule is Cc1ccc([C@H]2N(c3ccccc3)C3(C(=O)c4ccccc4C3=O)[C@@H](c3ccc(C)cc3)C23C(=O)c2ccccc2C3=O)cc1. The third-order valence-electron chi connectivity index (χ3n) is 10.1. The van der Waals surface area contributed by atoms with E-state index in [-0.39, 0.29) is 11.6 Å². The summed E-state index contributed by atoms with van der Waals surface area (Å²) in [6.07, 6.45) is 0. The third kappa shape index (κ3) is 3.33. The molecule has 45 heavy (non-hydrogen) atoms. The molecule has 5 heteroatoms. The lowest BCUT2D eigenvalue weighted by Crippen LogP contribution is -2.57. The Morgan fingerprint density at radius 1 is 0.467 bits per heavy atom. The quantitative estimate of drug-likeness (QED) is 0.204. The molecule has 2 aliphatic carbocycles. The fourth-order valence-electron chi connectivity index (χ4n) is 8.21. The molecular formula is C40H29NO4. The normalized spacial score (nSPS) is 20.7. The van der Waals surface area contributed by atoms with E-state index in [0.29, 0.717) is 39.1 Å². The summed E-state index contributed by atoms with van der Waals surface area (Å²) in [7, 11) is 0. The lowest BCUT2D eigenvalue weighted by Gasteiger charge is -2.40. The zero-order valence-corrected chi connectivity index (χ0v) is 24.9. The number of carbonyl (C=O) groups is 4. The minimum atomic E-state index is -1.91. The highest BCUT2D eigenvalue weighted by Gasteiger charge is 2.80. The molecule has 0 amide bonds. The predicted molar refractivity (Wildman–Crippen MR) is 172 cm³/mol. The first-order valence-electron chi connectivity index (χ1n) is 15.2. The Labute approximate surface area is 261 Å². The fourth-order valence-corrected chi connectivity index (χ4v) is 8.21. The molecule has 8 rings (SSSR count). The van der Waals surface area contributed by atoms with Gasteiger partial charge >= 0.3 is 0 Å². The topological polar surface area (TPSA) is 71.5 Å². The van der Waals surface area contributed by atoms with Crippen molar-refractivity contribution in [1.29, 1.82) is 0 Å². The molecular weight excluding hydrogens is 558 g/mol. The molecule has 1 aliphatic heterocycles. The summed E-state index contributed by atoms with van der Waals surface area (Å²) in [5.74, 6) is -2.66. The van der Waals surface area contributed by atoms with Gasteiger partial charge in [-0.3, -0.25) is 19.2 Å². The van der Waals surface area contributed by atoms with Gasteiger partial charge in [-0.1, -0.05) is 126 Å². The van der Waals surface area contributed by atoms with Crippen LogP contribution >= 0.6 is 0 Å². The van der Waals surface area contributed by atoms with E-state index in [2.05, 4.69) is 0 Å². The Morgan fingerprint density at radius 2 is 0.867 bits per heavy atom. The average molecular weight is 588 g/mol. The number of aryl methyl sites for hydroxylation is 2. The molecule has 5 aromatic rings. The average Bonchev–Trinajstić information content (AvgIpc) is 3.57. The minimum absolute atomic E-state index is 0.302. The van der Waals surface area contributed by atoms with Crippen molar-refractivity contribution in [2.45, 2.75) is 31.3 Å². The summed E-state index contributed by atoms with van der Waals surface area (Å²) in [6.45, 7) is 3.93. The van der Waals surface area contributed by atoms with E-state index in [1.165, 1.54) is 0 Å². The monoisotopic (exact) mass is 587 g/mol. The van der Waals surface area contributed by atoms with Crippen LogP contribution in [0, 0.1) is 19.3 Å².